The average molecular weight is 349 g/mol. The molecule has 0 N–H and O–H groups in total. The zero-order chi connectivity index (χ0) is 15.3. The van der Waals surface area contributed by atoms with Crippen molar-refractivity contribution in [3.8, 4) is 0 Å². The van der Waals surface area contributed by atoms with Gasteiger partial charge in [-0.25, -0.2) is 4.79 Å². The molecule has 1 aliphatic heterocycles. The summed E-state index contributed by atoms with van der Waals surface area (Å²) in [6.07, 6.45) is 0.757. The second-order valence-corrected chi connectivity index (χ2v) is 7.23. The molecule has 2 aromatic carbocycles. The van der Waals surface area contributed by atoms with Gasteiger partial charge in [0.25, 0.3) is 0 Å². The minimum atomic E-state index is -0.272. The summed E-state index contributed by atoms with van der Waals surface area (Å²) in [5.41, 5.74) is 2.41. The molecule has 2 nitrogen and oxygen atoms in total. The van der Waals surface area contributed by atoms with Gasteiger partial charge in [0.2, 0.25) is 0 Å². The number of hydrogen-bond donors (Lipinski definition) is 0. The molecule has 110 valence electrons. The highest BCUT2D eigenvalue weighted by molar-refractivity contribution is 7.99. The molecule has 22 heavy (non-hydrogen) atoms. The van der Waals surface area contributed by atoms with Crippen molar-refractivity contribution in [2.24, 2.45) is 0 Å². The molecule has 1 atom stereocenters. The van der Waals surface area contributed by atoms with Crippen molar-refractivity contribution >= 4 is 45.9 Å². The lowest BCUT2D eigenvalue weighted by molar-refractivity contribution is 0.542. The highest BCUT2D eigenvalue weighted by atomic mass is 35.5. The van der Waals surface area contributed by atoms with Crippen LogP contribution in [0.5, 0.6) is 0 Å². The number of halogens is 2. The largest absolute Gasteiger partial charge is 0.422 e. The van der Waals surface area contributed by atoms with Gasteiger partial charge in [-0.2, -0.15) is 0 Å². The Morgan fingerprint density at radius 2 is 1.95 bits per heavy atom. The Kier molecular flexibility index (Phi) is 3.44. The lowest BCUT2D eigenvalue weighted by Crippen LogP contribution is -2.02. The van der Waals surface area contributed by atoms with Crippen molar-refractivity contribution in [3.05, 3.63) is 74.1 Å². The molecule has 0 fully saturated rings. The van der Waals surface area contributed by atoms with Crippen LogP contribution in [0.3, 0.4) is 0 Å². The molecule has 5 heteroatoms. The van der Waals surface area contributed by atoms with Gasteiger partial charge >= 0.3 is 5.63 Å². The monoisotopic (exact) mass is 348 g/mol. The molecule has 1 unspecified atom stereocenters. The fraction of sp³-hybridized carbons (Fsp3) is 0.118. The van der Waals surface area contributed by atoms with E-state index < -0.39 is 0 Å². The molecule has 0 radical (unpaired) electrons. The summed E-state index contributed by atoms with van der Waals surface area (Å²) in [7, 11) is 0. The number of para-hydroxylation sites is 1. The van der Waals surface area contributed by atoms with E-state index in [1.165, 1.54) is 11.8 Å². The van der Waals surface area contributed by atoms with E-state index in [0.29, 0.717) is 20.5 Å². The minimum Gasteiger partial charge on any atom is -0.422 e. The van der Waals surface area contributed by atoms with E-state index in [4.69, 9.17) is 27.6 Å². The van der Waals surface area contributed by atoms with Crippen molar-refractivity contribution in [1.29, 1.82) is 0 Å². The van der Waals surface area contributed by atoms with Crippen LogP contribution in [0.15, 0.2) is 56.6 Å². The first-order chi connectivity index (χ1) is 10.6. The zero-order valence-electron chi connectivity index (χ0n) is 11.3. The molecule has 0 aliphatic carbocycles. The van der Waals surface area contributed by atoms with E-state index in [1.807, 2.05) is 36.4 Å². The Morgan fingerprint density at radius 3 is 2.77 bits per heavy atom. The van der Waals surface area contributed by atoms with Gasteiger partial charge in [0.05, 0.1) is 4.90 Å². The van der Waals surface area contributed by atoms with E-state index in [0.717, 1.165) is 22.9 Å². The minimum absolute atomic E-state index is 0.105. The van der Waals surface area contributed by atoms with E-state index in [1.54, 1.807) is 6.07 Å². The first kappa shape index (κ1) is 14.2. The summed E-state index contributed by atoms with van der Waals surface area (Å²) in [5.74, 6) is 0. The number of thioether (sulfide) groups is 1. The lowest BCUT2D eigenvalue weighted by atomic mass is 10.0. The third kappa shape index (κ3) is 2.24. The summed E-state index contributed by atoms with van der Waals surface area (Å²) >= 11 is 13.8. The molecular formula is C17H10Cl2O2S. The van der Waals surface area contributed by atoms with E-state index in [2.05, 4.69) is 0 Å². The fourth-order valence-electron chi connectivity index (χ4n) is 2.82. The van der Waals surface area contributed by atoms with E-state index >= 15 is 0 Å². The second kappa shape index (κ2) is 5.34. The maximum absolute atomic E-state index is 12.2. The SMILES string of the molecule is O=c1oc2ccccc2c2c1SC(c1ccc(Cl)cc1Cl)C2. The van der Waals surface area contributed by atoms with Crippen molar-refractivity contribution < 1.29 is 4.42 Å². The van der Waals surface area contributed by atoms with Gasteiger partial charge in [0.15, 0.2) is 0 Å². The van der Waals surface area contributed by atoms with Crippen molar-refractivity contribution in [2.75, 3.05) is 0 Å². The summed E-state index contributed by atoms with van der Waals surface area (Å²) in [4.78, 5) is 12.9. The molecular weight excluding hydrogens is 339 g/mol. The second-order valence-electron chi connectivity index (χ2n) is 5.17. The van der Waals surface area contributed by atoms with Crippen molar-refractivity contribution in [1.82, 2.24) is 0 Å². The van der Waals surface area contributed by atoms with Gasteiger partial charge in [-0.05, 0) is 35.7 Å². The molecule has 3 aromatic rings. The smallest absolute Gasteiger partial charge is 0.350 e. The third-order valence-electron chi connectivity index (χ3n) is 3.83. The van der Waals surface area contributed by atoms with E-state index in [9.17, 15) is 4.79 Å². The van der Waals surface area contributed by atoms with Crippen LogP contribution in [0.2, 0.25) is 10.0 Å². The molecule has 0 amide bonds. The highest BCUT2D eigenvalue weighted by Gasteiger charge is 2.30. The maximum atomic E-state index is 12.2. The Balaban J connectivity index is 1.84. The number of rotatable bonds is 1. The van der Waals surface area contributed by atoms with E-state index in [-0.39, 0.29) is 10.9 Å². The van der Waals surface area contributed by atoms with Crippen LogP contribution in [0.1, 0.15) is 16.4 Å². The van der Waals surface area contributed by atoms with Crippen LogP contribution in [-0.2, 0) is 6.42 Å². The predicted octanol–water partition coefficient (Wildman–Crippen LogP) is 5.49. The molecule has 0 saturated carbocycles. The zero-order valence-corrected chi connectivity index (χ0v) is 13.6. The van der Waals surface area contributed by atoms with Crippen LogP contribution < -0.4 is 5.63 Å². The normalized spacial score (nSPS) is 16.9. The van der Waals surface area contributed by atoms with Gasteiger partial charge in [-0.3, -0.25) is 0 Å². The summed E-state index contributed by atoms with van der Waals surface area (Å²) in [5, 5.41) is 2.34. The molecule has 0 saturated heterocycles. The standard InChI is InChI=1S/C17H10Cl2O2S/c18-9-5-6-11(13(19)7-9)15-8-12-10-3-1-2-4-14(10)21-17(20)16(12)22-15/h1-7,15H,8H2. The maximum Gasteiger partial charge on any atom is 0.350 e. The molecule has 0 spiro atoms. The van der Waals surface area contributed by atoms with Crippen LogP contribution in [-0.4, -0.2) is 0 Å². The Hall–Kier alpha value is -1.42. The van der Waals surface area contributed by atoms with Gasteiger partial charge in [0.1, 0.15) is 5.58 Å². The van der Waals surface area contributed by atoms with Gasteiger partial charge < -0.3 is 4.42 Å². The Bertz CT molecular complexity index is 949. The van der Waals surface area contributed by atoms with Crippen molar-refractivity contribution in [3.63, 3.8) is 0 Å². The Labute approximate surface area is 141 Å². The molecule has 4 rings (SSSR count). The molecule has 1 aromatic heterocycles. The topological polar surface area (TPSA) is 30.2 Å². The molecule has 2 heterocycles. The third-order valence-corrected chi connectivity index (χ3v) is 5.75. The van der Waals surface area contributed by atoms with Crippen LogP contribution >= 0.6 is 35.0 Å². The first-order valence-electron chi connectivity index (χ1n) is 6.80. The quantitative estimate of drug-likeness (QED) is 0.544. The molecule has 1 aliphatic rings. The highest BCUT2D eigenvalue weighted by Crippen LogP contribution is 2.48. The number of benzene rings is 2. The number of hydrogen-bond acceptors (Lipinski definition) is 3. The first-order valence-corrected chi connectivity index (χ1v) is 8.43. The summed E-state index contributed by atoms with van der Waals surface area (Å²) in [6.45, 7) is 0. The fourth-order valence-corrected chi connectivity index (χ4v) is 4.77. The predicted molar refractivity (Wildman–Crippen MR) is 91.2 cm³/mol. The van der Waals surface area contributed by atoms with Crippen LogP contribution in [0, 0.1) is 0 Å². The number of fused-ring (bicyclic) bond motifs is 3. The van der Waals surface area contributed by atoms with Gasteiger partial charge in [0, 0.05) is 20.7 Å². The Morgan fingerprint density at radius 1 is 1.14 bits per heavy atom. The van der Waals surface area contributed by atoms with Crippen molar-refractivity contribution in [2.45, 2.75) is 16.6 Å². The summed E-state index contributed by atoms with van der Waals surface area (Å²) < 4.78 is 5.41. The average Bonchev–Trinajstić information content (AvgIpc) is 2.93. The van der Waals surface area contributed by atoms with Crippen LogP contribution in [0.4, 0.5) is 0 Å². The van der Waals surface area contributed by atoms with Gasteiger partial charge in [-0.15, -0.1) is 11.8 Å². The lowest BCUT2D eigenvalue weighted by Gasteiger charge is -2.11. The van der Waals surface area contributed by atoms with Gasteiger partial charge in [-0.1, -0.05) is 47.5 Å². The molecule has 0 bridgehead atoms. The summed E-state index contributed by atoms with van der Waals surface area (Å²) in [6, 6.07) is 13.1. The van der Waals surface area contributed by atoms with Crippen LogP contribution in [0.25, 0.3) is 11.0 Å².